The summed E-state index contributed by atoms with van der Waals surface area (Å²) in [6.45, 7) is 5.54. The van der Waals surface area contributed by atoms with Gasteiger partial charge in [-0.3, -0.25) is 4.79 Å². The number of ether oxygens (including phenoxy) is 2. The standard InChI is InChI=1S/C16H19NO3/c1-10(2)6-11-7-14(18)12-8-15-16(9-13(12)17-11)20-5-3-4-19-15/h7-10H,3-6H2,1-2H3,(H,17,18). The molecule has 0 fully saturated rings. The smallest absolute Gasteiger partial charge is 0.189 e. The Balaban J connectivity index is 2.13. The third-order valence-corrected chi connectivity index (χ3v) is 3.38. The van der Waals surface area contributed by atoms with E-state index in [4.69, 9.17) is 9.47 Å². The van der Waals surface area contributed by atoms with Gasteiger partial charge in [-0.2, -0.15) is 0 Å². The highest BCUT2D eigenvalue weighted by Gasteiger charge is 2.14. The van der Waals surface area contributed by atoms with E-state index in [0.29, 0.717) is 36.0 Å². The molecular formula is C16H19NO3. The first-order valence-electron chi connectivity index (χ1n) is 7.09. The van der Waals surface area contributed by atoms with Gasteiger partial charge in [-0.15, -0.1) is 0 Å². The van der Waals surface area contributed by atoms with Crippen molar-refractivity contribution in [2.24, 2.45) is 5.92 Å². The number of aromatic amines is 1. The van der Waals surface area contributed by atoms with Crippen molar-refractivity contribution in [3.8, 4) is 11.5 Å². The van der Waals surface area contributed by atoms with Crippen LogP contribution >= 0.6 is 0 Å². The third-order valence-electron chi connectivity index (χ3n) is 3.38. The molecule has 0 atom stereocenters. The highest BCUT2D eigenvalue weighted by molar-refractivity contribution is 5.82. The lowest BCUT2D eigenvalue weighted by Gasteiger charge is -2.11. The maximum absolute atomic E-state index is 12.2. The van der Waals surface area contributed by atoms with E-state index in [1.165, 1.54) is 0 Å². The molecule has 0 spiro atoms. The first kappa shape index (κ1) is 13.0. The molecule has 4 nitrogen and oxygen atoms in total. The van der Waals surface area contributed by atoms with Crippen LogP contribution < -0.4 is 14.9 Å². The number of H-pyrrole nitrogens is 1. The van der Waals surface area contributed by atoms with Crippen LogP contribution in [0.5, 0.6) is 11.5 Å². The second kappa shape index (κ2) is 5.19. The highest BCUT2D eigenvalue weighted by Crippen LogP contribution is 2.32. The van der Waals surface area contributed by atoms with E-state index in [2.05, 4.69) is 18.8 Å². The van der Waals surface area contributed by atoms with Gasteiger partial charge in [-0.05, 0) is 18.4 Å². The number of hydrogen-bond donors (Lipinski definition) is 1. The van der Waals surface area contributed by atoms with Gasteiger partial charge in [0.1, 0.15) is 0 Å². The van der Waals surface area contributed by atoms with E-state index >= 15 is 0 Å². The van der Waals surface area contributed by atoms with Crippen LogP contribution in [0.1, 0.15) is 26.0 Å². The average Bonchev–Trinajstić information content (AvgIpc) is 2.60. The van der Waals surface area contributed by atoms with Crippen molar-refractivity contribution in [3.05, 3.63) is 34.1 Å². The Bertz CT molecular complexity index is 688. The van der Waals surface area contributed by atoms with Crippen molar-refractivity contribution >= 4 is 10.9 Å². The second-order valence-electron chi connectivity index (χ2n) is 5.65. The SMILES string of the molecule is CC(C)Cc1cc(=O)c2cc3c(cc2[nH]1)OCCCO3. The van der Waals surface area contributed by atoms with Crippen LogP contribution in [0, 0.1) is 5.92 Å². The van der Waals surface area contributed by atoms with Gasteiger partial charge >= 0.3 is 0 Å². The molecule has 1 aromatic carbocycles. The summed E-state index contributed by atoms with van der Waals surface area (Å²) in [5.74, 6) is 1.88. The quantitative estimate of drug-likeness (QED) is 0.915. The zero-order chi connectivity index (χ0) is 14.1. The molecule has 3 rings (SSSR count). The van der Waals surface area contributed by atoms with E-state index in [0.717, 1.165) is 24.1 Å². The predicted octanol–water partition coefficient (Wildman–Crippen LogP) is 2.89. The van der Waals surface area contributed by atoms with Crippen LogP contribution in [0.4, 0.5) is 0 Å². The summed E-state index contributed by atoms with van der Waals surface area (Å²) in [6.07, 6.45) is 1.72. The minimum Gasteiger partial charge on any atom is -0.490 e. The zero-order valence-electron chi connectivity index (χ0n) is 11.9. The van der Waals surface area contributed by atoms with Crippen molar-refractivity contribution in [2.45, 2.75) is 26.7 Å². The summed E-state index contributed by atoms with van der Waals surface area (Å²) in [4.78, 5) is 15.6. The molecule has 0 radical (unpaired) electrons. The fourth-order valence-corrected chi connectivity index (χ4v) is 2.51. The fourth-order valence-electron chi connectivity index (χ4n) is 2.51. The molecule has 1 N–H and O–H groups in total. The number of aromatic nitrogens is 1. The first-order chi connectivity index (χ1) is 9.63. The van der Waals surface area contributed by atoms with E-state index < -0.39 is 0 Å². The van der Waals surface area contributed by atoms with Crippen molar-refractivity contribution in [2.75, 3.05) is 13.2 Å². The topological polar surface area (TPSA) is 51.3 Å². The molecule has 0 saturated heterocycles. The molecule has 1 aliphatic heterocycles. The lowest BCUT2D eigenvalue weighted by atomic mass is 10.1. The van der Waals surface area contributed by atoms with Crippen LogP contribution in [-0.2, 0) is 6.42 Å². The Hall–Kier alpha value is -1.97. The normalized spacial score (nSPS) is 14.6. The predicted molar refractivity (Wildman–Crippen MR) is 78.7 cm³/mol. The first-order valence-corrected chi connectivity index (χ1v) is 7.09. The highest BCUT2D eigenvalue weighted by atomic mass is 16.5. The Morgan fingerprint density at radius 3 is 2.55 bits per heavy atom. The van der Waals surface area contributed by atoms with Crippen molar-refractivity contribution in [1.29, 1.82) is 0 Å². The van der Waals surface area contributed by atoms with Gasteiger partial charge in [0.05, 0.1) is 18.7 Å². The summed E-state index contributed by atoms with van der Waals surface area (Å²) in [7, 11) is 0. The molecule has 2 heterocycles. The van der Waals surface area contributed by atoms with Crippen LogP contribution in [0.15, 0.2) is 23.0 Å². The molecule has 4 heteroatoms. The van der Waals surface area contributed by atoms with E-state index in [1.807, 2.05) is 6.07 Å². The maximum atomic E-state index is 12.2. The monoisotopic (exact) mass is 273 g/mol. The molecule has 1 aliphatic rings. The molecule has 0 unspecified atom stereocenters. The fraction of sp³-hybridized carbons (Fsp3) is 0.438. The lowest BCUT2D eigenvalue weighted by Crippen LogP contribution is -2.08. The van der Waals surface area contributed by atoms with Gasteiger partial charge in [0.2, 0.25) is 0 Å². The molecular weight excluding hydrogens is 254 g/mol. The molecule has 0 amide bonds. The van der Waals surface area contributed by atoms with Crippen molar-refractivity contribution < 1.29 is 9.47 Å². The molecule has 0 bridgehead atoms. The Morgan fingerprint density at radius 2 is 1.85 bits per heavy atom. The number of hydrogen-bond acceptors (Lipinski definition) is 3. The Kier molecular flexibility index (Phi) is 3.38. The summed E-state index contributed by atoms with van der Waals surface area (Å²) >= 11 is 0. The number of rotatable bonds is 2. The number of pyridine rings is 1. The van der Waals surface area contributed by atoms with E-state index in [-0.39, 0.29) is 5.43 Å². The van der Waals surface area contributed by atoms with E-state index in [1.54, 1.807) is 12.1 Å². The van der Waals surface area contributed by atoms with Crippen LogP contribution in [-0.4, -0.2) is 18.2 Å². The number of benzene rings is 1. The molecule has 1 aromatic heterocycles. The van der Waals surface area contributed by atoms with Crippen LogP contribution in [0.25, 0.3) is 10.9 Å². The minimum atomic E-state index is 0.0325. The molecule has 0 aliphatic carbocycles. The van der Waals surface area contributed by atoms with Gasteiger partial charge < -0.3 is 14.5 Å². The van der Waals surface area contributed by atoms with Gasteiger partial charge in [0, 0.05) is 29.6 Å². The largest absolute Gasteiger partial charge is 0.490 e. The summed E-state index contributed by atoms with van der Waals surface area (Å²) < 4.78 is 11.3. The number of nitrogens with one attached hydrogen (secondary N) is 1. The Labute approximate surface area is 117 Å². The maximum Gasteiger partial charge on any atom is 0.189 e. The van der Waals surface area contributed by atoms with Crippen molar-refractivity contribution in [1.82, 2.24) is 4.98 Å². The van der Waals surface area contributed by atoms with E-state index in [9.17, 15) is 4.79 Å². The van der Waals surface area contributed by atoms with Crippen molar-refractivity contribution in [3.63, 3.8) is 0 Å². The molecule has 106 valence electrons. The van der Waals surface area contributed by atoms with Gasteiger partial charge in [0.15, 0.2) is 16.9 Å². The van der Waals surface area contributed by atoms with Crippen LogP contribution in [0.3, 0.4) is 0 Å². The zero-order valence-corrected chi connectivity index (χ0v) is 11.9. The molecule has 2 aromatic rings. The van der Waals surface area contributed by atoms with Crippen LogP contribution in [0.2, 0.25) is 0 Å². The van der Waals surface area contributed by atoms with Gasteiger partial charge in [-0.25, -0.2) is 0 Å². The summed E-state index contributed by atoms with van der Waals surface area (Å²) in [6, 6.07) is 5.35. The summed E-state index contributed by atoms with van der Waals surface area (Å²) in [5, 5.41) is 0.654. The molecule has 20 heavy (non-hydrogen) atoms. The molecule has 0 saturated carbocycles. The number of fused-ring (bicyclic) bond motifs is 2. The second-order valence-corrected chi connectivity index (χ2v) is 5.65. The van der Waals surface area contributed by atoms with Gasteiger partial charge in [-0.1, -0.05) is 13.8 Å². The Morgan fingerprint density at radius 1 is 1.15 bits per heavy atom. The minimum absolute atomic E-state index is 0.0325. The third kappa shape index (κ3) is 2.50. The lowest BCUT2D eigenvalue weighted by molar-refractivity contribution is 0.297. The average molecular weight is 273 g/mol. The summed E-state index contributed by atoms with van der Waals surface area (Å²) in [5.41, 5.74) is 1.81. The van der Waals surface area contributed by atoms with Gasteiger partial charge in [0.25, 0.3) is 0 Å².